The van der Waals surface area contributed by atoms with Gasteiger partial charge in [-0.05, 0) is 40.8 Å². The highest BCUT2D eigenvalue weighted by atomic mass is 19.4. The first-order valence-corrected chi connectivity index (χ1v) is 10.2. The van der Waals surface area contributed by atoms with Gasteiger partial charge in [-0.1, -0.05) is 73.7 Å². The number of rotatable bonds is 4. The minimum atomic E-state index is -5.08. The van der Waals surface area contributed by atoms with E-state index in [-0.39, 0.29) is 16.3 Å². The molecule has 3 aromatic rings. The third kappa shape index (κ3) is 3.91. The Bertz CT molecular complexity index is 1140. The van der Waals surface area contributed by atoms with E-state index in [0.717, 1.165) is 23.1 Å². The average molecular weight is 438 g/mol. The number of hydrazone groups is 1. The summed E-state index contributed by atoms with van der Waals surface area (Å²) in [5, 5.41) is 14.6. The van der Waals surface area contributed by atoms with Crippen molar-refractivity contribution in [3.05, 3.63) is 95.6 Å². The number of carbonyl (C=O) groups is 1. The van der Waals surface area contributed by atoms with Gasteiger partial charge in [-0.15, -0.1) is 0 Å². The number of aryl methyl sites for hydroxylation is 1. The molecule has 1 heterocycles. The maximum atomic E-state index is 13.8. The Morgan fingerprint density at radius 1 is 0.938 bits per heavy atom. The van der Waals surface area contributed by atoms with Crippen molar-refractivity contribution in [2.24, 2.45) is 5.10 Å². The van der Waals surface area contributed by atoms with E-state index in [9.17, 15) is 23.1 Å². The Morgan fingerprint density at radius 3 is 2.06 bits per heavy atom. The van der Waals surface area contributed by atoms with E-state index in [1.807, 2.05) is 37.3 Å². The van der Waals surface area contributed by atoms with Crippen molar-refractivity contribution in [3.63, 3.8) is 0 Å². The van der Waals surface area contributed by atoms with Gasteiger partial charge in [0, 0.05) is 5.56 Å². The summed E-state index contributed by atoms with van der Waals surface area (Å²) in [4.78, 5) is 13.0. The third-order valence-electron chi connectivity index (χ3n) is 5.57. The number of hydrogen-bond donors (Lipinski definition) is 1. The van der Waals surface area contributed by atoms with Crippen LogP contribution in [0.25, 0.3) is 11.1 Å². The molecular formula is C25H21F3N2O2. The first-order chi connectivity index (χ1) is 15.2. The van der Waals surface area contributed by atoms with Crippen molar-refractivity contribution in [3.8, 4) is 11.1 Å². The van der Waals surface area contributed by atoms with Crippen LogP contribution in [-0.2, 0) is 6.42 Å². The number of hydrogen-bond acceptors (Lipinski definition) is 3. The lowest BCUT2D eigenvalue weighted by molar-refractivity contribution is -0.297. The molecule has 32 heavy (non-hydrogen) atoms. The number of aliphatic hydroxyl groups is 1. The van der Waals surface area contributed by atoms with Crippen LogP contribution in [0.5, 0.6) is 0 Å². The highest BCUT2D eigenvalue weighted by Crippen LogP contribution is 2.42. The highest BCUT2D eigenvalue weighted by Gasteiger charge is 2.63. The second kappa shape index (κ2) is 8.24. The van der Waals surface area contributed by atoms with Crippen LogP contribution in [0, 0.1) is 0 Å². The van der Waals surface area contributed by atoms with Gasteiger partial charge >= 0.3 is 6.18 Å². The minimum Gasteiger partial charge on any atom is -0.362 e. The molecule has 1 N–H and O–H groups in total. The first kappa shape index (κ1) is 21.8. The molecule has 1 amide bonds. The molecule has 0 radical (unpaired) electrons. The fraction of sp³-hybridized carbons (Fsp3) is 0.200. The van der Waals surface area contributed by atoms with E-state index in [1.54, 1.807) is 36.4 Å². The summed E-state index contributed by atoms with van der Waals surface area (Å²) < 4.78 is 41.5. The molecule has 1 aliphatic heterocycles. The largest absolute Gasteiger partial charge is 0.438 e. The SMILES string of the molecule is CCc1ccc(C2=NN(C(=O)c3ccc(-c4ccccc4)cc3)[C@@](O)(C(F)(F)F)C2)cc1. The van der Waals surface area contributed by atoms with Gasteiger partial charge in [-0.3, -0.25) is 4.79 Å². The molecular weight excluding hydrogens is 417 g/mol. The van der Waals surface area contributed by atoms with Gasteiger partial charge in [0.15, 0.2) is 0 Å². The lowest BCUT2D eigenvalue weighted by Crippen LogP contribution is -2.56. The van der Waals surface area contributed by atoms with Crippen LogP contribution in [-0.4, -0.2) is 33.6 Å². The standard InChI is InChI=1S/C25H21F3N2O2/c1-2-17-8-10-20(11-9-17)22-16-24(32,25(26,27)28)30(29-22)23(31)21-14-12-19(13-15-21)18-6-4-3-5-7-18/h3-15,32H,2,16H2,1H3/t24-/m0/s1. The van der Waals surface area contributed by atoms with E-state index < -0.39 is 24.2 Å². The van der Waals surface area contributed by atoms with Gasteiger partial charge in [0.2, 0.25) is 0 Å². The molecule has 4 nitrogen and oxygen atoms in total. The van der Waals surface area contributed by atoms with Crippen molar-refractivity contribution in [2.75, 3.05) is 0 Å². The molecule has 0 fully saturated rings. The van der Waals surface area contributed by atoms with Crippen LogP contribution >= 0.6 is 0 Å². The number of alkyl halides is 3. The molecule has 0 spiro atoms. The maximum Gasteiger partial charge on any atom is 0.438 e. The summed E-state index contributed by atoms with van der Waals surface area (Å²) in [6, 6.07) is 22.4. The predicted molar refractivity (Wildman–Crippen MR) is 116 cm³/mol. The van der Waals surface area contributed by atoms with E-state index in [2.05, 4.69) is 5.10 Å². The molecule has 0 saturated carbocycles. The zero-order valence-electron chi connectivity index (χ0n) is 17.3. The summed E-state index contributed by atoms with van der Waals surface area (Å²) in [7, 11) is 0. The van der Waals surface area contributed by atoms with Gasteiger partial charge in [0.25, 0.3) is 11.6 Å². The number of benzene rings is 3. The van der Waals surface area contributed by atoms with Gasteiger partial charge < -0.3 is 5.11 Å². The first-order valence-electron chi connectivity index (χ1n) is 10.2. The van der Waals surface area contributed by atoms with Crippen LogP contribution in [0.3, 0.4) is 0 Å². The Kier molecular flexibility index (Phi) is 5.60. The summed E-state index contributed by atoms with van der Waals surface area (Å²) in [6.45, 7) is 1.97. The molecule has 1 aliphatic rings. The molecule has 4 rings (SSSR count). The molecule has 0 aromatic heterocycles. The Labute approximate surface area is 183 Å². The molecule has 0 saturated heterocycles. The number of carbonyl (C=O) groups excluding carboxylic acids is 1. The summed E-state index contributed by atoms with van der Waals surface area (Å²) >= 11 is 0. The fourth-order valence-corrected chi connectivity index (χ4v) is 3.63. The molecule has 3 aromatic carbocycles. The number of amides is 1. The molecule has 0 bridgehead atoms. The Morgan fingerprint density at radius 2 is 1.50 bits per heavy atom. The third-order valence-corrected chi connectivity index (χ3v) is 5.57. The van der Waals surface area contributed by atoms with Crippen LogP contribution in [0.4, 0.5) is 13.2 Å². The topological polar surface area (TPSA) is 52.9 Å². The van der Waals surface area contributed by atoms with E-state index >= 15 is 0 Å². The van der Waals surface area contributed by atoms with Crippen LogP contribution in [0.1, 0.15) is 34.8 Å². The van der Waals surface area contributed by atoms with E-state index in [1.165, 1.54) is 12.1 Å². The van der Waals surface area contributed by atoms with Gasteiger partial charge in [0.1, 0.15) is 0 Å². The van der Waals surface area contributed by atoms with Gasteiger partial charge in [0.05, 0.1) is 12.1 Å². The fourth-order valence-electron chi connectivity index (χ4n) is 3.63. The molecule has 0 unspecified atom stereocenters. The van der Waals surface area contributed by atoms with Gasteiger partial charge in [-0.2, -0.15) is 23.3 Å². The monoisotopic (exact) mass is 438 g/mol. The predicted octanol–water partition coefficient (Wildman–Crippen LogP) is 5.42. The van der Waals surface area contributed by atoms with Crippen molar-refractivity contribution in [1.29, 1.82) is 0 Å². The van der Waals surface area contributed by atoms with E-state index in [0.29, 0.717) is 5.56 Å². The second-order valence-corrected chi connectivity index (χ2v) is 7.65. The van der Waals surface area contributed by atoms with Crippen LogP contribution in [0.2, 0.25) is 0 Å². The molecule has 164 valence electrons. The van der Waals surface area contributed by atoms with Crippen LogP contribution < -0.4 is 0 Å². The normalized spacial score (nSPS) is 18.5. The maximum absolute atomic E-state index is 13.8. The van der Waals surface area contributed by atoms with Crippen molar-refractivity contribution in [1.82, 2.24) is 5.01 Å². The minimum absolute atomic E-state index is 0.00122. The summed E-state index contributed by atoms with van der Waals surface area (Å²) in [6.07, 6.45) is -5.14. The average Bonchev–Trinajstić information content (AvgIpc) is 3.18. The number of halogens is 3. The lowest BCUT2D eigenvalue weighted by Gasteiger charge is -2.32. The zero-order chi connectivity index (χ0) is 22.9. The molecule has 7 heteroatoms. The highest BCUT2D eigenvalue weighted by molar-refractivity contribution is 6.05. The summed E-state index contributed by atoms with van der Waals surface area (Å²) in [5.41, 5.74) is -0.240. The van der Waals surface area contributed by atoms with Crippen LogP contribution in [0.15, 0.2) is 84.0 Å². The molecule has 1 atom stereocenters. The van der Waals surface area contributed by atoms with E-state index in [4.69, 9.17) is 0 Å². The Balaban J connectivity index is 1.67. The summed E-state index contributed by atoms with van der Waals surface area (Å²) in [5.74, 6) is -1.02. The smallest absolute Gasteiger partial charge is 0.362 e. The number of nitrogens with zero attached hydrogens (tertiary/aromatic N) is 2. The van der Waals surface area contributed by atoms with Crippen molar-refractivity contribution < 1.29 is 23.1 Å². The van der Waals surface area contributed by atoms with Crippen molar-refractivity contribution >= 4 is 11.6 Å². The second-order valence-electron chi connectivity index (χ2n) is 7.65. The zero-order valence-corrected chi connectivity index (χ0v) is 17.3. The quantitative estimate of drug-likeness (QED) is 0.592. The van der Waals surface area contributed by atoms with Crippen molar-refractivity contribution in [2.45, 2.75) is 31.7 Å². The Hall–Kier alpha value is -3.45. The molecule has 0 aliphatic carbocycles. The lowest BCUT2D eigenvalue weighted by atomic mass is 9.99. The van der Waals surface area contributed by atoms with Gasteiger partial charge in [-0.25, -0.2) is 0 Å².